The maximum Gasteiger partial charge on any atom is 0.143 e. The lowest BCUT2D eigenvalue weighted by Gasteiger charge is -2.36. The number of nitrogens with zero attached hydrogens (tertiary/aromatic N) is 2. The van der Waals surface area contributed by atoms with Crippen molar-refractivity contribution in [2.75, 3.05) is 13.1 Å². The smallest absolute Gasteiger partial charge is 0.143 e. The van der Waals surface area contributed by atoms with E-state index in [-0.39, 0.29) is 5.92 Å². The predicted molar refractivity (Wildman–Crippen MR) is 60.0 cm³/mol. The molecule has 1 saturated heterocycles. The molecular weight excluding hydrogens is 190 g/mol. The van der Waals surface area contributed by atoms with Crippen LogP contribution >= 0.6 is 0 Å². The van der Waals surface area contributed by atoms with Gasteiger partial charge in [-0.3, -0.25) is 4.90 Å². The Balaban J connectivity index is 1.91. The average molecular weight is 211 g/mol. The lowest BCUT2D eigenvalue weighted by Crippen LogP contribution is -2.45. The van der Waals surface area contributed by atoms with Crippen molar-refractivity contribution >= 4 is 5.84 Å². The molecule has 1 aliphatic heterocycles. The molecule has 4 heteroatoms. The van der Waals surface area contributed by atoms with Gasteiger partial charge in [0.1, 0.15) is 5.84 Å². The maximum absolute atomic E-state index is 8.68. The van der Waals surface area contributed by atoms with Gasteiger partial charge in [0.25, 0.3) is 0 Å². The van der Waals surface area contributed by atoms with Crippen LogP contribution in [0.25, 0.3) is 0 Å². The standard InChI is InChI=1S/C11H21N3O/c12-11(13-15)9-4-3-7-14(8-9)10-5-1-2-6-10/h9-10,15H,1-8H2,(H2,12,13). The van der Waals surface area contributed by atoms with Gasteiger partial charge in [-0.1, -0.05) is 18.0 Å². The summed E-state index contributed by atoms with van der Waals surface area (Å²) < 4.78 is 0. The third-order valence-corrected chi connectivity index (χ3v) is 3.83. The summed E-state index contributed by atoms with van der Waals surface area (Å²) >= 11 is 0. The van der Waals surface area contributed by atoms with Crippen molar-refractivity contribution in [1.29, 1.82) is 0 Å². The van der Waals surface area contributed by atoms with Crippen molar-refractivity contribution in [2.45, 2.75) is 44.6 Å². The van der Waals surface area contributed by atoms with E-state index in [1.54, 1.807) is 0 Å². The first-order valence-corrected chi connectivity index (χ1v) is 6.02. The highest BCUT2D eigenvalue weighted by Crippen LogP contribution is 2.27. The van der Waals surface area contributed by atoms with Crippen LogP contribution in [0.3, 0.4) is 0 Å². The van der Waals surface area contributed by atoms with Crippen molar-refractivity contribution in [2.24, 2.45) is 16.8 Å². The normalized spacial score (nSPS) is 30.9. The fourth-order valence-corrected chi connectivity index (χ4v) is 2.93. The Morgan fingerprint density at radius 3 is 2.60 bits per heavy atom. The van der Waals surface area contributed by atoms with Crippen LogP contribution in [0, 0.1) is 5.92 Å². The number of hydrogen-bond acceptors (Lipinski definition) is 3. The molecule has 0 radical (unpaired) electrons. The van der Waals surface area contributed by atoms with Crippen LogP contribution in [-0.2, 0) is 0 Å². The van der Waals surface area contributed by atoms with Gasteiger partial charge < -0.3 is 10.9 Å². The first-order valence-electron chi connectivity index (χ1n) is 6.02. The fraction of sp³-hybridized carbons (Fsp3) is 0.909. The Morgan fingerprint density at radius 1 is 1.20 bits per heavy atom. The quantitative estimate of drug-likeness (QED) is 0.314. The summed E-state index contributed by atoms with van der Waals surface area (Å²) in [6.45, 7) is 2.18. The summed E-state index contributed by atoms with van der Waals surface area (Å²) in [5, 5.41) is 11.8. The number of hydrogen-bond donors (Lipinski definition) is 2. The summed E-state index contributed by atoms with van der Waals surface area (Å²) in [5.74, 6) is 0.682. The minimum absolute atomic E-state index is 0.268. The van der Waals surface area contributed by atoms with E-state index in [4.69, 9.17) is 10.9 Å². The van der Waals surface area contributed by atoms with Crippen LogP contribution in [0.5, 0.6) is 0 Å². The molecule has 0 aromatic heterocycles. The van der Waals surface area contributed by atoms with E-state index in [1.165, 1.54) is 38.6 Å². The largest absolute Gasteiger partial charge is 0.409 e. The Kier molecular flexibility index (Phi) is 3.46. The van der Waals surface area contributed by atoms with Gasteiger partial charge >= 0.3 is 0 Å². The van der Waals surface area contributed by atoms with Crippen LogP contribution in [0.2, 0.25) is 0 Å². The van der Waals surface area contributed by atoms with Crippen LogP contribution in [0.1, 0.15) is 38.5 Å². The Labute approximate surface area is 91.1 Å². The number of nitrogens with two attached hydrogens (primary N) is 1. The molecule has 1 aliphatic carbocycles. The zero-order valence-corrected chi connectivity index (χ0v) is 9.23. The first kappa shape index (κ1) is 10.7. The molecule has 4 nitrogen and oxygen atoms in total. The molecule has 0 aromatic rings. The van der Waals surface area contributed by atoms with Crippen LogP contribution < -0.4 is 5.73 Å². The van der Waals surface area contributed by atoms with Crippen molar-refractivity contribution in [1.82, 2.24) is 4.90 Å². The van der Waals surface area contributed by atoms with E-state index in [0.29, 0.717) is 5.84 Å². The summed E-state index contributed by atoms with van der Waals surface area (Å²) in [7, 11) is 0. The SMILES string of the molecule is NC(=NO)C1CCCN(C2CCCC2)C1. The summed E-state index contributed by atoms with van der Waals surface area (Å²) in [4.78, 5) is 2.54. The van der Waals surface area contributed by atoms with Crippen LogP contribution in [0.4, 0.5) is 0 Å². The highest BCUT2D eigenvalue weighted by atomic mass is 16.4. The third-order valence-electron chi connectivity index (χ3n) is 3.83. The molecule has 1 atom stereocenters. The second-order valence-electron chi connectivity index (χ2n) is 4.80. The monoisotopic (exact) mass is 211 g/mol. The molecule has 1 heterocycles. The van der Waals surface area contributed by atoms with Gasteiger partial charge in [-0.2, -0.15) is 0 Å². The van der Waals surface area contributed by atoms with Gasteiger partial charge in [0.05, 0.1) is 0 Å². The summed E-state index contributed by atoms with van der Waals surface area (Å²) in [5.41, 5.74) is 5.68. The lowest BCUT2D eigenvalue weighted by molar-refractivity contribution is 0.145. The van der Waals surface area contributed by atoms with E-state index in [2.05, 4.69) is 10.1 Å². The number of rotatable bonds is 2. The highest BCUT2D eigenvalue weighted by molar-refractivity contribution is 5.82. The van der Waals surface area contributed by atoms with E-state index in [1.807, 2.05) is 0 Å². The molecule has 0 bridgehead atoms. The highest BCUT2D eigenvalue weighted by Gasteiger charge is 2.29. The van der Waals surface area contributed by atoms with Gasteiger partial charge in [-0.05, 0) is 32.2 Å². The lowest BCUT2D eigenvalue weighted by atomic mass is 9.95. The van der Waals surface area contributed by atoms with E-state index in [0.717, 1.165) is 19.0 Å². The molecule has 2 fully saturated rings. The Bertz CT molecular complexity index is 236. The van der Waals surface area contributed by atoms with Gasteiger partial charge in [-0.15, -0.1) is 0 Å². The van der Waals surface area contributed by atoms with E-state index < -0.39 is 0 Å². The van der Waals surface area contributed by atoms with Gasteiger partial charge in [-0.25, -0.2) is 0 Å². The van der Waals surface area contributed by atoms with E-state index in [9.17, 15) is 0 Å². The number of likely N-dealkylation sites (tertiary alicyclic amines) is 1. The zero-order chi connectivity index (χ0) is 10.7. The average Bonchev–Trinajstić information content (AvgIpc) is 2.82. The molecule has 0 aromatic carbocycles. The van der Waals surface area contributed by atoms with Gasteiger partial charge in [0, 0.05) is 18.5 Å². The molecule has 2 aliphatic rings. The van der Waals surface area contributed by atoms with Crippen molar-refractivity contribution in [3.05, 3.63) is 0 Å². The number of amidine groups is 1. The first-order chi connectivity index (χ1) is 7.31. The van der Waals surface area contributed by atoms with Crippen LogP contribution in [-0.4, -0.2) is 35.1 Å². The molecule has 15 heavy (non-hydrogen) atoms. The van der Waals surface area contributed by atoms with Gasteiger partial charge in [0.2, 0.25) is 0 Å². The summed E-state index contributed by atoms with van der Waals surface area (Å²) in [6, 6.07) is 0.763. The fourth-order valence-electron chi connectivity index (χ4n) is 2.93. The number of oxime groups is 1. The Hall–Kier alpha value is -0.770. The maximum atomic E-state index is 8.68. The molecule has 1 unspecified atom stereocenters. The van der Waals surface area contributed by atoms with Crippen molar-refractivity contribution in [3.8, 4) is 0 Å². The second-order valence-corrected chi connectivity index (χ2v) is 4.80. The van der Waals surface area contributed by atoms with Crippen molar-refractivity contribution < 1.29 is 5.21 Å². The minimum Gasteiger partial charge on any atom is -0.409 e. The molecule has 2 rings (SSSR count). The minimum atomic E-state index is 0.268. The third kappa shape index (κ3) is 2.43. The van der Waals surface area contributed by atoms with E-state index >= 15 is 0 Å². The second kappa shape index (κ2) is 4.84. The van der Waals surface area contributed by atoms with Gasteiger partial charge in [0.15, 0.2) is 0 Å². The predicted octanol–water partition coefficient (Wildman–Crippen LogP) is 1.39. The number of piperidine rings is 1. The van der Waals surface area contributed by atoms with Crippen LogP contribution in [0.15, 0.2) is 5.16 Å². The molecule has 1 saturated carbocycles. The molecule has 0 spiro atoms. The molecular formula is C11H21N3O. The zero-order valence-electron chi connectivity index (χ0n) is 9.23. The Morgan fingerprint density at radius 2 is 1.93 bits per heavy atom. The summed E-state index contributed by atoms with van der Waals surface area (Å²) in [6.07, 6.45) is 7.66. The topological polar surface area (TPSA) is 61.9 Å². The molecule has 86 valence electrons. The molecule has 3 N–H and O–H groups in total. The molecule has 0 amide bonds. The van der Waals surface area contributed by atoms with Crippen molar-refractivity contribution in [3.63, 3.8) is 0 Å².